The number of hydrogen-bond acceptors (Lipinski definition) is 9. The Hall–Kier alpha value is -4.31. The fourth-order valence-electron chi connectivity index (χ4n) is 4.55. The van der Waals surface area contributed by atoms with Crippen molar-refractivity contribution in [2.45, 2.75) is 39.2 Å². The molecule has 10 heteroatoms. The maximum absolute atomic E-state index is 13.9. The van der Waals surface area contributed by atoms with Crippen LogP contribution >= 0.6 is 11.3 Å². The van der Waals surface area contributed by atoms with Crippen LogP contribution in [-0.4, -0.2) is 43.1 Å². The molecule has 1 N–H and O–H groups in total. The van der Waals surface area contributed by atoms with E-state index in [-0.39, 0.29) is 29.2 Å². The van der Waals surface area contributed by atoms with Crippen molar-refractivity contribution in [2.75, 3.05) is 27.4 Å². The van der Waals surface area contributed by atoms with E-state index in [2.05, 4.69) is 18.5 Å². The average Bonchev–Trinajstić information content (AvgIpc) is 3.28. The molecule has 216 valence electrons. The van der Waals surface area contributed by atoms with E-state index in [0.29, 0.717) is 44.3 Å². The Morgan fingerprint density at radius 1 is 1.12 bits per heavy atom. The Bertz CT molecular complexity index is 1650. The highest BCUT2D eigenvalue weighted by molar-refractivity contribution is 7.07. The summed E-state index contributed by atoms with van der Waals surface area (Å²) in [5, 5.41) is 9.96. The molecule has 4 rings (SSSR count). The number of ether oxygens (including phenoxy) is 4. The van der Waals surface area contributed by atoms with E-state index in [1.54, 1.807) is 44.4 Å². The maximum Gasteiger partial charge on any atom is 0.338 e. The molecule has 0 radical (unpaired) electrons. The third-order valence-electron chi connectivity index (χ3n) is 6.58. The highest BCUT2D eigenvalue weighted by atomic mass is 32.1. The number of allylic oxidation sites excluding steroid dienone is 1. The summed E-state index contributed by atoms with van der Waals surface area (Å²) in [5.41, 5.74) is 1.67. The lowest BCUT2D eigenvalue weighted by molar-refractivity contribution is -0.138. The topological polar surface area (TPSA) is 109 Å². The van der Waals surface area contributed by atoms with Gasteiger partial charge in [-0.1, -0.05) is 55.9 Å². The molecule has 1 atom stereocenters. The standard InChI is InChI=1S/C31H34N2O7S/c1-6-8-9-15-39-23-13-11-21(18-25(23)38-5)28-27(30(36)40-14-7-2)19(3)32-31-33(28)29(35)26(41-31)17-20-10-12-22(34)24(16-20)37-4/h7,10-13,16-18,28,34H,2,6,8-9,14-15H2,1,3-5H3/b26-17-. The molecule has 41 heavy (non-hydrogen) atoms. The minimum absolute atomic E-state index is 0.00356. The number of aromatic nitrogens is 1. The Labute approximate surface area is 242 Å². The number of aromatic hydroxyl groups is 1. The van der Waals surface area contributed by atoms with Gasteiger partial charge in [0.25, 0.3) is 5.56 Å². The van der Waals surface area contributed by atoms with Crippen LogP contribution < -0.4 is 29.1 Å². The zero-order valence-electron chi connectivity index (χ0n) is 23.6. The molecule has 1 aliphatic rings. The molecule has 1 unspecified atom stereocenters. The normalized spacial score (nSPS) is 14.7. The molecular weight excluding hydrogens is 544 g/mol. The third-order valence-corrected chi connectivity index (χ3v) is 7.57. The van der Waals surface area contributed by atoms with Gasteiger partial charge in [-0.15, -0.1) is 0 Å². The quantitative estimate of drug-likeness (QED) is 0.194. The van der Waals surface area contributed by atoms with Gasteiger partial charge >= 0.3 is 5.97 Å². The number of carbonyl (C=O) groups excluding carboxylic acids is 1. The number of benzene rings is 2. The van der Waals surface area contributed by atoms with Gasteiger partial charge in [0, 0.05) is 0 Å². The van der Waals surface area contributed by atoms with Crippen molar-refractivity contribution in [1.29, 1.82) is 0 Å². The van der Waals surface area contributed by atoms with Gasteiger partial charge in [-0.3, -0.25) is 9.36 Å². The predicted octanol–water partition coefficient (Wildman–Crippen LogP) is 4.26. The van der Waals surface area contributed by atoms with Crippen LogP contribution in [0.2, 0.25) is 0 Å². The van der Waals surface area contributed by atoms with Crippen molar-refractivity contribution < 1.29 is 28.8 Å². The fourth-order valence-corrected chi connectivity index (χ4v) is 5.60. The number of fused-ring (bicyclic) bond motifs is 1. The maximum atomic E-state index is 13.9. The Morgan fingerprint density at radius 3 is 2.61 bits per heavy atom. The van der Waals surface area contributed by atoms with Crippen molar-refractivity contribution in [1.82, 2.24) is 4.57 Å². The number of unbranched alkanes of at least 4 members (excludes halogenated alkanes) is 2. The van der Waals surface area contributed by atoms with Crippen LogP contribution in [0.1, 0.15) is 50.3 Å². The number of rotatable bonds is 12. The lowest BCUT2D eigenvalue weighted by atomic mass is 9.95. The zero-order chi connectivity index (χ0) is 29.5. The van der Waals surface area contributed by atoms with E-state index in [1.165, 1.54) is 35.2 Å². The number of nitrogens with zero attached hydrogens (tertiary/aromatic N) is 2. The van der Waals surface area contributed by atoms with Crippen molar-refractivity contribution in [3.8, 4) is 23.0 Å². The Morgan fingerprint density at radius 2 is 1.90 bits per heavy atom. The van der Waals surface area contributed by atoms with Crippen LogP contribution in [0.3, 0.4) is 0 Å². The molecule has 3 aromatic rings. The van der Waals surface area contributed by atoms with Crippen LogP contribution in [0.5, 0.6) is 23.0 Å². The highest BCUT2D eigenvalue weighted by Gasteiger charge is 2.34. The fraction of sp³-hybridized carbons (Fsp3) is 0.323. The van der Waals surface area contributed by atoms with Gasteiger partial charge < -0.3 is 24.1 Å². The number of carbonyl (C=O) groups is 1. The van der Waals surface area contributed by atoms with Gasteiger partial charge in [-0.2, -0.15) is 0 Å². The smallest absolute Gasteiger partial charge is 0.338 e. The van der Waals surface area contributed by atoms with Gasteiger partial charge in [0.15, 0.2) is 27.8 Å². The molecule has 0 saturated heterocycles. The third kappa shape index (κ3) is 6.38. The minimum atomic E-state index is -0.817. The van der Waals surface area contributed by atoms with Crippen molar-refractivity contribution in [2.24, 2.45) is 4.99 Å². The second-order valence-corrected chi connectivity index (χ2v) is 10.4. The predicted molar refractivity (Wildman–Crippen MR) is 158 cm³/mol. The molecule has 0 fully saturated rings. The highest BCUT2D eigenvalue weighted by Crippen LogP contribution is 2.36. The van der Waals surface area contributed by atoms with Crippen LogP contribution in [0.25, 0.3) is 6.08 Å². The van der Waals surface area contributed by atoms with Gasteiger partial charge in [0.2, 0.25) is 0 Å². The van der Waals surface area contributed by atoms with Crippen molar-refractivity contribution in [3.63, 3.8) is 0 Å². The first kappa shape index (κ1) is 29.7. The number of methoxy groups -OCH3 is 2. The van der Waals surface area contributed by atoms with E-state index < -0.39 is 12.0 Å². The van der Waals surface area contributed by atoms with E-state index in [9.17, 15) is 14.7 Å². The summed E-state index contributed by atoms with van der Waals surface area (Å²) in [5.74, 6) is 0.767. The number of esters is 1. The van der Waals surface area contributed by atoms with Gasteiger partial charge in [-0.05, 0) is 54.8 Å². The molecular formula is C31H34N2O7S. The van der Waals surface area contributed by atoms with E-state index >= 15 is 0 Å². The lowest BCUT2D eigenvalue weighted by Gasteiger charge is -2.25. The summed E-state index contributed by atoms with van der Waals surface area (Å²) in [4.78, 5) is 32.2. The van der Waals surface area contributed by atoms with Crippen LogP contribution in [0.15, 0.2) is 70.1 Å². The zero-order valence-corrected chi connectivity index (χ0v) is 24.5. The summed E-state index contributed by atoms with van der Waals surface area (Å²) in [6, 6.07) is 9.40. The van der Waals surface area contributed by atoms with Gasteiger partial charge in [0.1, 0.15) is 6.61 Å². The second kappa shape index (κ2) is 13.4. The van der Waals surface area contributed by atoms with Crippen molar-refractivity contribution in [3.05, 3.63) is 91.1 Å². The Balaban J connectivity index is 1.86. The lowest BCUT2D eigenvalue weighted by Crippen LogP contribution is -2.40. The number of hydrogen-bond donors (Lipinski definition) is 1. The molecule has 0 aliphatic carbocycles. The van der Waals surface area contributed by atoms with Crippen molar-refractivity contribution >= 4 is 23.4 Å². The first-order chi connectivity index (χ1) is 19.8. The molecule has 1 aliphatic heterocycles. The second-order valence-electron chi connectivity index (χ2n) is 9.37. The minimum Gasteiger partial charge on any atom is -0.504 e. The van der Waals surface area contributed by atoms with Gasteiger partial charge in [-0.25, -0.2) is 9.79 Å². The first-order valence-corrected chi connectivity index (χ1v) is 14.1. The summed E-state index contributed by atoms with van der Waals surface area (Å²) < 4.78 is 24.1. The largest absolute Gasteiger partial charge is 0.504 e. The van der Waals surface area contributed by atoms with E-state index in [0.717, 1.165) is 19.3 Å². The average molecular weight is 579 g/mol. The molecule has 0 spiro atoms. The monoisotopic (exact) mass is 578 g/mol. The van der Waals surface area contributed by atoms with Crippen LogP contribution in [0, 0.1) is 0 Å². The molecule has 0 amide bonds. The number of thiazole rings is 1. The molecule has 2 heterocycles. The van der Waals surface area contributed by atoms with E-state index in [1.807, 2.05) is 6.07 Å². The number of phenolic OH excluding ortho intramolecular Hbond substituents is 1. The summed E-state index contributed by atoms with van der Waals surface area (Å²) in [6.45, 7) is 8.05. The summed E-state index contributed by atoms with van der Waals surface area (Å²) in [7, 11) is 3.01. The molecule has 9 nitrogen and oxygen atoms in total. The first-order valence-electron chi connectivity index (χ1n) is 13.3. The molecule has 2 aromatic carbocycles. The molecule has 0 saturated carbocycles. The Kier molecular flexibility index (Phi) is 9.67. The molecule has 1 aromatic heterocycles. The summed E-state index contributed by atoms with van der Waals surface area (Å²) in [6.07, 6.45) is 6.25. The summed E-state index contributed by atoms with van der Waals surface area (Å²) >= 11 is 1.20. The van der Waals surface area contributed by atoms with Crippen LogP contribution in [0.4, 0.5) is 0 Å². The molecule has 0 bridgehead atoms. The SMILES string of the molecule is C=CCOC(=O)C1=C(C)N=c2s/c(=C\c3ccc(O)c(OC)c3)c(=O)n2C1c1ccc(OCCCCC)c(OC)c1. The van der Waals surface area contributed by atoms with E-state index in [4.69, 9.17) is 18.9 Å². The number of phenols is 1. The van der Waals surface area contributed by atoms with Crippen LogP contribution in [-0.2, 0) is 9.53 Å². The van der Waals surface area contributed by atoms with Gasteiger partial charge in [0.05, 0.1) is 42.7 Å².